The summed E-state index contributed by atoms with van der Waals surface area (Å²) in [5.74, 6) is 0. The third-order valence-electron chi connectivity index (χ3n) is 4.63. The highest BCUT2D eigenvalue weighted by molar-refractivity contribution is 5.71. The number of benzene rings is 1. The van der Waals surface area contributed by atoms with Crippen molar-refractivity contribution in [3.05, 3.63) is 64.4 Å². The Morgan fingerprint density at radius 1 is 1.22 bits per heavy atom. The molecule has 1 aromatic carbocycles. The van der Waals surface area contributed by atoms with E-state index < -0.39 is 0 Å². The zero-order valence-electron chi connectivity index (χ0n) is 17.3. The zero-order chi connectivity index (χ0) is 19.6. The Labute approximate surface area is 164 Å². The highest BCUT2D eigenvalue weighted by Crippen LogP contribution is 2.28. The molecular weight excluding hydrogens is 334 g/mol. The molecule has 1 fully saturated rings. The third-order valence-corrected chi connectivity index (χ3v) is 4.63. The van der Waals surface area contributed by atoms with Crippen LogP contribution in [0.4, 0.5) is 4.79 Å². The van der Waals surface area contributed by atoms with Crippen LogP contribution in [0.25, 0.3) is 0 Å². The number of ether oxygens (including phenoxy) is 1. The normalized spacial score (nSPS) is 16.9. The predicted molar refractivity (Wildman–Crippen MR) is 112 cm³/mol. The number of nitrogens with zero attached hydrogens (tertiary/aromatic N) is 1. The van der Waals surface area contributed by atoms with Crippen molar-refractivity contribution in [1.29, 1.82) is 0 Å². The first-order valence-corrected chi connectivity index (χ1v) is 10.2. The van der Waals surface area contributed by atoms with E-state index in [0.717, 1.165) is 48.8 Å². The van der Waals surface area contributed by atoms with Crippen molar-refractivity contribution in [3.63, 3.8) is 0 Å². The molecule has 0 N–H and O–H groups in total. The lowest BCUT2D eigenvalue weighted by Gasteiger charge is -2.17. The van der Waals surface area contributed by atoms with E-state index in [-0.39, 0.29) is 12.2 Å². The highest BCUT2D eigenvalue weighted by Gasteiger charge is 2.34. The number of carbonyl (C=O) groups excluding carboxylic acids is 1. The van der Waals surface area contributed by atoms with Crippen LogP contribution < -0.4 is 0 Å². The summed E-state index contributed by atoms with van der Waals surface area (Å²) < 4.78 is 5.80. The summed E-state index contributed by atoms with van der Waals surface area (Å²) in [5.41, 5.74) is 8.17. The fourth-order valence-electron chi connectivity index (χ4n) is 3.29. The molecule has 0 aliphatic carbocycles. The van der Waals surface area contributed by atoms with Gasteiger partial charge in [-0.2, -0.15) is 0 Å². The van der Waals surface area contributed by atoms with Crippen LogP contribution in [0, 0.1) is 0 Å². The van der Waals surface area contributed by atoms with E-state index >= 15 is 0 Å². The van der Waals surface area contributed by atoms with Crippen LogP contribution in [0.5, 0.6) is 0 Å². The number of carbonyl (C=O) groups is 1. The van der Waals surface area contributed by atoms with Gasteiger partial charge in [0.2, 0.25) is 0 Å². The minimum absolute atomic E-state index is 0.202. The van der Waals surface area contributed by atoms with Gasteiger partial charge in [0.25, 0.3) is 0 Å². The van der Waals surface area contributed by atoms with Crippen LogP contribution in [0.2, 0.25) is 0 Å². The molecule has 0 bridgehead atoms. The zero-order valence-corrected chi connectivity index (χ0v) is 17.3. The Hall–Kier alpha value is -2.25. The number of cyclic esters (lactones) is 1. The molecule has 0 unspecified atom stereocenters. The lowest BCUT2D eigenvalue weighted by Crippen LogP contribution is -2.25. The summed E-state index contributed by atoms with van der Waals surface area (Å²) in [4.78, 5) is 14.3. The largest absolute Gasteiger partial charge is 0.439 e. The standard InChI is InChI=1S/C24H33NO2/c1-5-7-14-21(16-19(3)4)22(15-8-6-2)23-18-25(24(26)27-23)17-20-12-10-9-11-13-20/h9-13,15,23H,5-8,14,17-18H2,1-4H3/b22-15-/t23-/m0/s1. The fraction of sp³-hybridized carbons (Fsp3) is 0.500. The Kier molecular flexibility index (Phi) is 8.42. The summed E-state index contributed by atoms with van der Waals surface area (Å²) >= 11 is 0. The number of amides is 1. The number of hydrogen-bond donors (Lipinski definition) is 0. The molecule has 1 aliphatic heterocycles. The van der Waals surface area contributed by atoms with Crippen molar-refractivity contribution in [2.24, 2.45) is 0 Å². The van der Waals surface area contributed by atoms with Crippen LogP contribution in [-0.2, 0) is 11.3 Å². The maximum atomic E-state index is 12.5. The van der Waals surface area contributed by atoms with E-state index in [1.165, 1.54) is 5.57 Å². The maximum absolute atomic E-state index is 12.5. The van der Waals surface area contributed by atoms with E-state index in [4.69, 9.17) is 4.74 Å². The number of hydrogen-bond acceptors (Lipinski definition) is 2. The monoisotopic (exact) mass is 367 g/mol. The smallest absolute Gasteiger partial charge is 0.410 e. The molecule has 27 heavy (non-hydrogen) atoms. The molecular formula is C24H33NO2. The summed E-state index contributed by atoms with van der Waals surface area (Å²) in [6, 6.07) is 10.1. The molecule has 1 heterocycles. The Morgan fingerprint density at radius 3 is 2.59 bits per heavy atom. The fourth-order valence-corrected chi connectivity index (χ4v) is 3.29. The molecule has 146 valence electrons. The van der Waals surface area contributed by atoms with Gasteiger partial charge in [-0.15, -0.1) is 5.73 Å². The lowest BCUT2D eigenvalue weighted by atomic mass is 9.94. The van der Waals surface area contributed by atoms with Crippen molar-refractivity contribution in [3.8, 4) is 0 Å². The molecule has 0 saturated carbocycles. The van der Waals surface area contributed by atoms with E-state index in [1.54, 1.807) is 4.90 Å². The second-order valence-corrected chi connectivity index (χ2v) is 7.39. The molecule has 0 spiro atoms. The van der Waals surface area contributed by atoms with Gasteiger partial charge in [0.15, 0.2) is 0 Å². The Morgan fingerprint density at radius 2 is 1.96 bits per heavy atom. The number of allylic oxidation sites excluding steroid dienone is 1. The van der Waals surface area contributed by atoms with Gasteiger partial charge < -0.3 is 4.74 Å². The van der Waals surface area contributed by atoms with Gasteiger partial charge in [0, 0.05) is 17.7 Å². The van der Waals surface area contributed by atoms with Crippen LogP contribution in [0.1, 0.15) is 65.4 Å². The third kappa shape index (κ3) is 6.45. The van der Waals surface area contributed by atoms with Gasteiger partial charge in [-0.3, -0.25) is 4.90 Å². The molecule has 1 saturated heterocycles. The first kappa shape index (κ1) is 21.1. The summed E-state index contributed by atoms with van der Waals surface area (Å²) in [6.45, 7) is 9.72. The minimum atomic E-state index is -0.224. The van der Waals surface area contributed by atoms with Crippen LogP contribution >= 0.6 is 0 Å². The quantitative estimate of drug-likeness (QED) is 0.372. The second kappa shape index (κ2) is 10.8. The summed E-state index contributed by atoms with van der Waals surface area (Å²) in [7, 11) is 0. The van der Waals surface area contributed by atoms with Gasteiger partial charge in [-0.05, 0) is 44.2 Å². The molecule has 3 nitrogen and oxygen atoms in total. The van der Waals surface area contributed by atoms with Crippen LogP contribution in [0.15, 0.2) is 58.9 Å². The average molecular weight is 368 g/mol. The van der Waals surface area contributed by atoms with E-state index in [0.29, 0.717) is 13.1 Å². The number of rotatable bonds is 9. The summed E-state index contributed by atoms with van der Waals surface area (Å²) in [6.07, 6.45) is 7.13. The second-order valence-electron chi connectivity index (χ2n) is 7.39. The van der Waals surface area contributed by atoms with Gasteiger partial charge in [0.1, 0.15) is 6.10 Å². The van der Waals surface area contributed by atoms with Crippen molar-refractivity contribution in [2.75, 3.05) is 6.54 Å². The molecule has 2 rings (SSSR count). The summed E-state index contributed by atoms with van der Waals surface area (Å²) in [5, 5.41) is 0. The molecule has 1 aromatic rings. The molecule has 1 amide bonds. The average Bonchev–Trinajstić information content (AvgIpc) is 3.00. The van der Waals surface area contributed by atoms with Gasteiger partial charge in [-0.25, -0.2) is 4.79 Å². The van der Waals surface area contributed by atoms with Gasteiger partial charge >= 0.3 is 6.09 Å². The minimum Gasteiger partial charge on any atom is -0.439 e. The van der Waals surface area contributed by atoms with E-state index in [2.05, 4.69) is 39.5 Å². The van der Waals surface area contributed by atoms with Crippen LogP contribution in [-0.4, -0.2) is 23.6 Å². The molecule has 3 heteroatoms. The first-order chi connectivity index (χ1) is 13.0. The lowest BCUT2D eigenvalue weighted by molar-refractivity contribution is 0.142. The predicted octanol–water partition coefficient (Wildman–Crippen LogP) is 6.42. The van der Waals surface area contributed by atoms with Crippen molar-refractivity contribution < 1.29 is 9.53 Å². The van der Waals surface area contributed by atoms with Crippen LogP contribution in [0.3, 0.4) is 0 Å². The van der Waals surface area contributed by atoms with E-state index in [1.807, 2.05) is 30.3 Å². The van der Waals surface area contributed by atoms with Crippen molar-refractivity contribution in [1.82, 2.24) is 4.90 Å². The molecule has 0 radical (unpaired) electrons. The highest BCUT2D eigenvalue weighted by atomic mass is 16.6. The van der Waals surface area contributed by atoms with Gasteiger partial charge in [-0.1, -0.05) is 63.1 Å². The molecule has 1 atom stereocenters. The topological polar surface area (TPSA) is 29.5 Å². The molecule has 1 aliphatic rings. The number of unbranched alkanes of at least 4 members (excludes halogenated alkanes) is 2. The van der Waals surface area contributed by atoms with Crippen molar-refractivity contribution in [2.45, 2.75) is 72.4 Å². The Bertz CT molecular complexity index is 707. The Balaban J connectivity index is 2.24. The SMILES string of the molecule is CCC/C=C(/C(=C=C(C)C)CCCC)[C@@H]1CN(Cc2ccccc2)C(=O)O1. The molecule has 0 aromatic heterocycles. The van der Waals surface area contributed by atoms with Gasteiger partial charge in [0.05, 0.1) is 6.54 Å². The van der Waals surface area contributed by atoms with E-state index in [9.17, 15) is 4.79 Å². The maximum Gasteiger partial charge on any atom is 0.410 e. The first-order valence-electron chi connectivity index (χ1n) is 10.2. The van der Waals surface area contributed by atoms with Crippen molar-refractivity contribution >= 4 is 6.09 Å².